The molecule has 230 valence electrons. The number of guanidine groups is 1. The summed E-state index contributed by atoms with van der Waals surface area (Å²) < 4.78 is 11.7. The molecule has 3 aromatic rings. The van der Waals surface area contributed by atoms with Crippen LogP contribution < -0.4 is 10.5 Å². The zero-order chi connectivity index (χ0) is 29.6. The van der Waals surface area contributed by atoms with Gasteiger partial charge in [0.25, 0.3) is 0 Å². The molecule has 3 aliphatic rings. The smallest absolute Gasteiger partial charge is 0.197 e. The van der Waals surface area contributed by atoms with E-state index in [2.05, 4.69) is 20.9 Å². The summed E-state index contributed by atoms with van der Waals surface area (Å²) in [6.45, 7) is 4.24. The van der Waals surface area contributed by atoms with E-state index in [0.717, 1.165) is 80.1 Å². The quantitative estimate of drug-likeness (QED) is 0.248. The van der Waals surface area contributed by atoms with Gasteiger partial charge in [0.15, 0.2) is 11.9 Å². The van der Waals surface area contributed by atoms with Crippen LogP contribution in [0.2, 0.25) is 0 Å². The van der Waals surface area contributed by atoms with Crippen LogP contribution in [0.4, 0.5) is 5.69 Å². The molecule has 2 aliphatic carbocycles. The van der Waals surface area contributed by atoms with Crippen LogP contribution >= 0.6 is 0 Å². The first kappa shape index (κ1) is 29.7. The summed E-state index contributed by atoms with van der Waals surface area (Å²) in [7, 11) is 0. The van der Waals surface area contributed by atoms with Gasteiger partial charge in [0.2, 0.25) is 0 Å². The Morgan fingerprint density at radius 2 is 1.81 bits per heavy atom. The summed E-state index contributed by atoms with van der Waals surface area (Å²) >= 11 is 0. The van der Waals surface area contributed by atoms with Gasteiger partial charge in [-0.25, -0.2) is 9.98 Å². The van der Waals surface area contributed by atoms with E-state index < -0.39 is 0 Å². The molecular formula is C35H47N5O3. The maximum atomic E-state index is 10.9. The third-order valence-electron chi connectivity index (χ3n) is 9.63. The molecule has 0 amide bonds. The number of nitrogens with zero attached hydrogens (tertiary/aromatic N) is 4. The van der Waals surface area contributed by atoms with Gasteiger partial charge in [-0.1, -0.05) is 50.3 Å². The van der Waals surface area contributed by atoms with Crippen molar-refractivity contribution in [2.45, 2.75) is 109 Å². The van der Waals surface area contributed by atoms with Gasteiger partial charge in [0.05, 0.1) is 17.5 Å². The van der Waals surface area contributed by atoms with Crippen LogP contribution in [0.25, 0.3) is 0 Å². The molecule has 0 bridgehead atoms. The molecule has 2 saturated carbocycles. The van der Waals surface area contributed by atoms with Gasteiger partial charge in [-0.2, -0.15) is 0 Å². The van der Waals surface area contributed by atoms with E-state index in [1.54, 1.807) is 6.26 Å². The SMILES string of the molecule is Cc1nc(CN(CCC[C@@H](C2CCCCC2)N2Cc3cc(Oc4ccccc4)ccc3N=C2N)[C@H]2CCCC[C@@H]2O)co1. The molecule has 1 aliphatic heterocycles. The van der Waals surface area contributed by atoms with E-state index in [-0.39, 0.29) is 12.1 Å². The van der Waals surface area contributed by atoms with Gasteiger partial charge in [0.1, 0.15) is 17.8 Å². The number of para-hydroxylation sites is 1. The lowest BCUT2D eigenvalue weighted by Gasteiger charge is -2.42. The number of hydrogen-bond acceptors (Lipinski definition) is 8. The number of fused-ring (bicyclic) bond motifs is 1. The van der Waals surface area contributed by atoms with E-state index in [1.807, 2.05) is 49.4 Å². The third kappa shape index (κ3) is 7.42. The number of aryl methyl sites for hydroxylation is 1. The Balaban J connectivity index is 1.18. The summed E-state index contributed by atoms with van der Waals surface area (Å²) in [5.74, 6) is 3.55. The lowest BCUT2D eigenvalue weighted by Crippen LogP contribution is -2.50. The molecule has 0 radical (unpaired) electrons. The standard InChI is InChI=1S/C35H47N5O3/c1-25-37-28(24-42-25)23-39(33-15-8-9-17-34(33)41)20-10-16-32(26-11-4-2-5-12-26)40-22-27-21-30(18-19-31(27)38-35(40)36)43-29-13-6-3-7-14-29/h3,6-7,13-14,18-19,21,24,26,32-34,41H,2,4-5,8-12,15-17,20,22-23H2,1H3,(H2,36,38)/t32-,33-,34-/m0/s1. The minimum atomic E-state index is -0.287. The molecule has 0 unspecified atom stereocenters. The lowest BCUT2D eigenvalue weighted by molar-refractivity contribution is 0.0129. The monoisotopic (exact) mass is 585 g/mol. The van der Waals surface area contributed by atoms with Gasteiger partial charge in [-0.3, -0.25) is 4.90 Å². The molecule has 3 N–H and O–H groups in total. The highest BCUT2D eigenvalue weighted by atomic mass is 16.5. The summed E-state index contributed by atoms with van der Waals surface area (Å²) in [5.41, 5.74) is 9.74. The summed E-state index contributed by atoms with van der Waals surface area (Å²) in [5, 5.41) is 10.9. The molecule has 43 heavy (non-hydrogen) atoms. The molecule has 2 fully saturated rings. The first-order valence-corrected chi connectivity index (χ1v) is 16.3. The first-order chi connectivity index (χ1) is 21.0. The van der Waals surface area contributed by atoms with Gasteiger partial charge in [-0.15, -0.1) is 0 Å². The minimum absolute atomic E-state index is 0.162. The van der Waals surface area contributed by atoms with Crippen molar-refractivity contribution in [1.29, 1.82) is 0 Å². The molecule has 2 heterocycles. The molecule has 2 aromatic carbocycles. The van der Waals surface area contributed by atoms with E-state index in [0.29, 0.717) is 30.4 Å². The molecule has 8 nitrogen and oxygen atoms in total. The predicted octanol–water partition coefficient (Wildman–Crippen LogP) is 7.07. The van der Waals surface area contributed by atoms with Crippen molar-refractivity contribution in [3.63, 3.8) is 0 Å². The van der Waals surface area contributed by atoms with E-state index >= 15 is 0 Å². The number of aliphatic imine (C=N–C) groups is 1. The number of ether oxygens (including phenoxy) is 1. The summed E-state index contributed by atoms with van der Waals surface area (Å²) in [4.78, 5) is 14.3. The number of nitrogens with two attached hydrogens (primary N) is 1. The summed E-state index contributed by atoms with van der Waals surface area (Å²) in [6, 6.07) is 16.5. The Bertz CT molecular complexity index is 1350. The van der Waals surface area contributed by atoms with Crippen molar-refractivity contribution >= 4 is 11.6 Å². The summed E-state index contributed by atoms with van der Waals surface area (Å²) in [6.07, 6.45) is 14.1. The van der Waals surface area contributed by atoms with Gasteiger partial charge >= 0.3 is 0 Å². The van der Waals surface area contributed by atoms with Crippen molar-refractivity contribution in [2.75, 3.05) is 6.54 Å². The van der Waals surface area contributed by atoms with E-state index in [9.17, 15) is 5.11 Å². The zero-order valence-electron chi connectivity index (χ0n) is 25.5. The second-order valence-corrected chi connectivity index (χ2v) is 12.7. The number of aliphatic hydroxyl groups excluding tert-OH is 1. The van der Waals surface area contributed by atoms with Gasteiger partial charge < -0.3 is 24.9 Å². The highest BCUT2D eigenvalue weighted by Crippen LogP contribution is 2.37. The highest BCUT2D eigenvalue weighted by molar-refractivity contribution is 5.84. The van der Waals surface area contributed by atoms with Crippen LogP contribution in [-0.2, 0) is 13.1 Å². The number of hydrogen-bond donors (Lipinski definition) is 2. The average Bonchev–Trinajstić information content (AvgIpc) is 3.44. The molecule has 0 saturated heterocycles. The van der Waals surface area contributed by atoms with Gasteiger partial charge in [0, 0.05) is 37.7 Å². The lowest BCUT2D eigenvalue weighted by atomic mass is 9.81. The maximum Gasteiger partial charge on any atom is 0.197 e. The fourth-order valence-corrected chi connectivity index (χ4v) is 7.46. The predicted molar refractivity (Wildman–Crippen MR) is 169 cm³/mol. The minimum Gasteiger partial charge on any atom is -0.457 e. The maximum absolute atomic E-state index is 10.9. The number of aliphatic hydroxyl groups is 1. The largest absolute Gasteiger partial charge is 0.457 e. The number of aromatic nitrogens is 1. The van der Waals surface area contributed by atoms with Crippen LogP contribution in [0.3, 0.4) is 0 Å². The van der Waals surface area contributed by atoms with Crippen LogP contribution in [0.1, 0.15) is 87.8 Å². The Morgan fingerprint density at radius 3 is 2.58 bits per heavy atom. The Labute approximate surface area is 256 Å². The van der Waals surface area contributed by atoms with Gasteiger partial charge in [-0.05, 0) is 81.3 Å². The fourth-order valence-electron chi connectivity index (χ4n) is 7.46. The van der Waals surface area contributed by atoms with Crippen molar-refractivity contribution < 1.29 is 14.3 Å². The van der Waals surface area contributed by atoms with E-state index in [4.69, 9.17) is 19.9 Å². The van der Waals surface area contributed by atoms with Crippen molar-refractivity contribution in [1.82, 2.24) is 14.8 Å². The molecule has 8 heteroatoms. The second-order valence-electron chi connectivity index (χ2n) is 12.7. The Kier molecular flexibility index (Phi) is 9.64. The molecule has 0 spiro atoms. The fraction of sp³-hybridized carbons (Fsp3) is 0.543. The number of benzene rings is 2. The molecule has 6 rings (SSSR count). The average molecular weight is 586 g/mol. The first-order valence-electron chi connectivity index (χ1n) is 16.3. The number of oxazole rings is 1. The topological polar surface area (TPSA) is 100 Å². The second kappa shape index (κ2) is 14.0. The molecular weight excluding hydrogens is 538 g/mol. The zero-order valence-corrected chi connectivity index (χ0v) is 25.5. The van der Waals surface area contributed by atoms with E-state index in [1.165, 1.54) is 32.1 Å². The van der Waals surface area contributed by atoms with Crippen LogP contribution in [0.5, 0.6) is 11.5 Å². The Morgan fingerprint density at radius 1 is 1.02 bits per heavy atom. The van der Waals surface area contributed by atoms with Crippen molar-refractivity contribution in [3.8, 4) is 11.5 Å². The van der Waals surface area contributed by atoms with Crippen molar-refractivity contribution in [2.24, 2.45) is 16.6 Å². The third-order valence-corrected chi connectivity index (χ3v) is 9.63. The van der Waals surface area contributed by atoms with Crippen LogP contribution in [0.15, 0.2) is 64.2 Å². The molecule has 3 atom stereocenters. The van der Waals surface area contributed by atoms with Crippen LogP contribution in [0, 0.1) is 12.8 Å². The highest BCUT2D eigenvalue weighted by Gasteiger charge is 2.34. The van der Waals surface area contributed by atoms with Crippen molar-refractivity contribution in [3.05, 3.63) is 71.9 Å². The Hall–Kier alpha value is -3.36. The van der Waals surface area contributed by atoms with Crippen LogP contribution in [-0.4, -0.2) is 50.6 Å². The number of rotatable bonds is 11. The molecule has 1 aromatic heterocycles. The normalized spacial score (nSPS) is 21.8.